The summed E-state index contributed by atoms with van der Waals surface area (Å²) in [6.45, 7) is 0. The van der Waals surface area contributed by atoms with E-state index in [0.29, 0.717) is 11.4 Å². The van der Waals surface area contributed by atoms with Crippen LogP contribution in [0.1, 0.15) is 18.9 Å². The van der Waals surface area contributed by atoms with E-state index < -0.39 is 17.5 Å². The van der Waals surface area contributed by atoms with E-state index in [1.807, 2.05) is 0 Å². The molecule has 0 saturated heterocycles. The average molecular weight is 289 g/mol. The number of hydrogen-bond acceptors (Lipinski definition) is 2. The van der Waals surface area contributed by atoms with Crippen LogP contribution in [0, 0.1) is 17.5 Å². The molecular formula is C15H10F3N3. The second-order valence-corrected chi connectivity index (χ2v) is 5.18. The van der Waals surface area contributed by atoms with Crippen LogP contribution in [-0.4, -0.2) is 14.5 Å². The van der Waals surface area contributed by atoms with Gasteiger partial charge in [0.2, 0.25) is 0 Å². The molecule has 4 rings (SSSR count). The normalized spacial score (nSPS) is 14.8. The van der Waals surface area contributed by atoms with Gasteiger partial charge in [-0.05, 0) is 18.9 Å². The van der Waals surface area contributed by atoms with Crippen molar-refractivity contribution in [1.29, 1.82) is 0 Å². The molecule has 3 aromatic rings. The third kappa shape index (κ3) is 1.98. The fourth-order valence-corrected chi connectivity index (χ4v) is 2.58. The minimum absolute atomic E-state index is 0.119. The van der Waals surface area contributed by atoms with Crippen molar-refractivity contribution in [3.8, 4) is 11.4 Å². The smallest absolute Gasteiger partial charge is 0.152 e. The standard InChI is InChI=1S/C15H10F3N3/c16-9-4-12(18)14-13(5-9)20-15(21(14)11-1-2-11)8-3-10(17)7-19-6-8/h3-7,11H,1-2H2. The van der Waals surface area contributed by atoms with Gasteiger partial charge in [-0.3, -0.25) is 4.98 Å². The number of nitrogens with zero attached hydrogens (tertiary/aromatic N) is 3. The largest absolute Gasteiger partial charge is 0.318 e. The molecule has 3 nitrogen and oxygen atoms in total. The summed E-state index contributed by atoms with van der Waals surface area (Å²) in [5.74, 6) is -1.40. The number of benzene rings is 1. The van der Waals surface area contributed by atoms with Crippen molar-refractivity contribution in [3.05, 3.63) is 48.0 Å². The zero-order valence-electron chi connectivity index (χ0n) is 10.9. The fraction of sp³-hybridized carbons (Fsp3) is 0.200. The Balaban J connectivity index is 2.04. The minimum Gasteiger partial charge on any atom is -0.318 e. The van der Waals surface area contributed by atoms with Gasteiger partial charge in [0.15, 0.2) is 5.82 Å². The molecular weight excluding hydrogens is 279 g/mol. The molecule has 0 N–H and O–H groups in total. The molecule has 0 amide bonds. The highest BCUT2D eigenvalue weighted by Gasteiger charge is 2.30. The van der Waals surface area contributed by atoms with Gasteiger partial charge in [-0.1, -0.05) is 0 Å². The second kappa shape index (κ2) is 4.31. The van der Waals surface area contributed by atoms with Gasteiger partial charge in [0.05, 0.1) is 11.7 Å². The van der Waals surface area contributed by atoms with Gasteiger partial charge in [-0.15, -0.1) is 0 Å². The first-order valence-corrected chi connectivity index (χ1v) is 6.61. The Hall–Kier alpha value is -2.37. The van der Waals surface area contributed by atoms with Crippen molar-refractivity contribution in [2.24, 2.45) is 0 Å². The van der Waals surface area contributed by atoms with Crippen molar-refractivity contribution in [1.82, 2.24) is 14.5 Å². The number of fused-ring (bicyclic) bond motifs is 1. The first kappa shape index (κ1) is 12.4. The van der Waals surface area contributed by atoms with Gasteiger partial charge in [-0.2, -0.15) is 0 Å². The molecule has 0 bridgehead atoms. The Morgan fingerprint density at radius 1 is 1.00 bits per heavy atom. The fourth-order valence-electron chi connectivity index (χ4n) is 2.58. The Morgan fingerprint density at radius 2 is 1.81 bits per heavy atom. The molecule has 2 aromatic heterocycles. The SMILES string of the molecule is Fc1cncc(-c2nc3cc(F)cc(F)c3n2C2CC2)c1. The van der Waals surface area contributed by atoms with Crippen molar-refractivity contribution < 1.29 is 13.2 Å². The monoisotopic (exact) mass is 289 g/mol. The lowest BCUT2D eigenvalue weighted by atomic mass is 10.2. The van der Waals surface area contributed by atoms with E-state index in [0.717, 1.165) is 25.1 Å². The minimum atomic E-state index is -0.677. The van der Waals surface area contributed by atoms with Crippen LogP contribution < -0.4 is 0 Å². The lowest BCUT2D eigenvalue weighted by Crippen LogP contribution is -1.99. The first-order valence-electron chi connectivity index (χ1n) is 6.61. The van der Waals surface area contributed by atoms with Crippen LogP contribution in [-0.2, 0) is 0 Å². The van der Waals surface area contributed by atoms with Gasteiger partial charge in [0, 0.05) is 29.9 Å². The number of imidazole rings is 1. The van der Waals surface area contributed by atoms with Crippen LogP contribution in [0.5, 0.6) is 0 Å². The Bertz CT molecular complexity index is 853. The van der Waals surface area contributed by atoms with E-state index in [9.17, 15) is 13.2 Å². The van der Waals surface area contributed by atoms with E-state index in [1.165, 1.54) is 18.3 Å². The molecule has 106 valence electrons. The molecule has 21 heavy (non-hydrogen) atoms. The zero-order chi connectivity index (χ0) is 14.6. The molecule has 1 saturated carbocycles. The van der Waals surface area contributed by atoms with Crippen molar-refractivity contribution in [2.75, 3.05) is 0 Å². The summed E-state index contributed by atoms with van der Waals surface area (Å²) in [6, 6.07) is 3.44. The van der Waals surface area contributed by atoms with Crippen LogP contribution in [0.4, 0.5) is 13.2 Å². The number of rotatable bonds is 2. The van der Waals surface area contributed by atoms with E-state index in [-0.39, 0.29) is 17.1 Å². The number of aromatic nitrogens is 3. The Labute approximate surface area is 118 Å². The molecule has 6 heteroatoms. The van der Waals surface area contributed by atoms with E-state index in [2.05, 4.69) is 9.97 Å². The lowest BCUT2D eigenvalue weighted by Gasteiger charge is -2.08. The molecule has 2 heterocycles. The predicted molar refractivity (Wildman–Crippen MR) is 71.1 cm³/mol. The Morgan fingerprint density at radius 3 is 2.52 bits per heavy atom. The van der Waals surface area contributed by atoms with Crippen LogP contribution in [0.25, 0.3) is 22.4 Å². The Kier molecular flexibility index (Phi) is 2.54. The van der Waals surface area contributed by atoms with E-state index in [1.54, 1.807) is 4.57 Å². The summed E-state index contributed by atoms with van der Waals surface area (Å²) in [5, 5.41) is 0. The second-order valence-electron chi connectivity index (χ2n) is 5.18. The summed E-state index contributed by atoms with van der Waals surface area (Å²) in [5.41, 5.74) is 0.953. The topological polar surface area (TPSA) is 30.7 Å². The van der Waals surface area contributed by atoms with Crippen molar-refractivity contribution >= 4 is 11.0 Å². The van der Waals surface area contributed by atoms with Gasteiger partial charge in [0.1, 0.15) is 23.0 Å². The van der Waals surface area contributed by atoms with Gasteiger partial charge >= 0.3 is 0 Å². The molecule has 0 spiro atoms. The first-order chi connectivity index (χ1) is 10.1. The molecule has 0 atom stereocenters. The molecule has 0 radical (unpaired) electrons. The third-order valence-electron chi connectivity index (χ3n) is 3.58. The average Bonchev–Trinajstić information content (AvgIpc) is 3.19. The summed E-state index contributed by atoms with van der Waals surface area (Å²) < 4.78 is 42.6. The summed E-state index contributed by atoms with van der Waals surface area (Å²) in [7, 11) is 0. The maximum Gasteiger partial charge on any atom is 0.152 e. The van der Waals surface area contributed by atoms with Crippen LogP contribution >= 0.6 is 0 Å². The predicted octanol–water partition coefficient (Wildman–Crippen LogP) is 3.85. The van der Waals surface area contributed by atoms with Crippen LogP contribution in [0.15, 0.2) is 30.6 Å². The number of pyridine rings is 1. The van der Waals surface area contributed by atoms with Crippen LogP contribution in [0.2, 0.25) is 0 Å². The zero-order valence-corrected chi connectivity index (χ0v) is 10.9. The summed E-state index contributed by atoms with van der Waals surface area (Å²) >= 11 is 0. The van der Waals surface area contributed by atoms with Crippen molar-refractivity contribution in [3.63, 3.8) is 0 Å². The van der Waals surface area contributed by atoms with E-state index >= 15 is 0 Å². The van der Waals surface area contributed by atoms with Gasteiger partial charge < -0.3 is 4.57 Å². The highest BCUT2D eigenvalue weighted by Crippen LogP contribution is 2.41. The van der Waals surface area contributed by atoms with E-state index in [4.69, 9.17) is 0 Å². The third-order valence-corrected chi connectivity index (χ3v) is 3.58. The molecule has 1 aliphatic rings. The highest BCUT2D eigenvalue weighted by atomic mass is 19.1. The maximum atomic E-state index is 14.1. The van der Waals surface area contributed by atoms with Gasteiger partial charge in [0.25, 0.3) is 0 Å². The summed E-state index contributed by atoms with van der Waals surface area (Å²) in [6.07, 6.45) is 4.36. The van der Waals surface area contributed by atoms with Gasteiger partial charge in [-0.25, -0.2) is 18.2 Å². The molecule has 1 aromatic carbocycles. The molecule has 0 aliphatic heterocycles. The highest BCUT2D eigenvalue weighted by molar-refractivity contribution is 5.81. The number of hydrogen-bond donors (Lipinski definition) is 0. The quantitative estimate of drug-likeness (QED) is 0.717. The lowest BCUT2D eigenvalue weighted by molar-refractivity contribution is 0.585. The molecule has 0 unspecified atom stereocenters. The van der Waals surface area contributed by atoms with Crippen LogP contribution in [0.3, 0.4) is 0 Å². The number of halogens is 3. The van der Waals surface area contributed by atoms with Crippen molar-refractivity contribution in [2.45, 2.75) is 18.9 Å². The maximum absolute atomic E-state index is 14.1. The summed E-state index contributed by atoms with van der Waals surface area (Å²) in [4.78, 5) is 8.08. The molecule has 1 fully saturated rings. The molecule has 1 aliphatic carbocycles.